The monoisotopic (exact) mass is 293 g/mol. The maximum absolute atomic E-state index is 11.2. The molecule has 2 amide bonds. The Morgan fingerprint density at radius 2 is 2.30 bits per heavy atom. The van der Waals surface area contributed by atoms with E-state index in [1.807, 2.05) is 0 Å². The van der Waals surface area contributed by atoms with Crippen LogP contribution in [0, 0.1) is 0 Å². The van der Waals surface area contributed by atoms with Crippen molar-refractivity contribution in [3.63, 3.8) is 0 Å². The molecule has 0 saturated heterocycles. The second-order valence-electron chi connectivity index (χ2n) is 4.12. The van der Waals surface area contributed by atoms with Crippen molar-refractivity contribution < 1.29 is 9.59 Å². The van der Waals surface area contributed by atoms with Gasteiger partial charge in [0.05, 0.1) is 17.4 Å². The number of carbonyl (C=O) groups excluding carboxylic acids is 2. The minimum atomic E-state index is -0.425. The van der Waals surface area contributed by atoms with Crippen LogP contribution in [0.25, 0.3) is 0 Å². The Labute approximate surface area is 119 Å². The van der Waals surface area contributed by atoms with Crippen LogP contribution in [0.5, 0.6) is 0 Å². The van der Waals surface area contributed by atoms with Crippen LogP contribution in [0.2, 0.25) is 0 Å². The molecule has 0 saturated carbocycles. The molecule has 2 rings (SSSR count). The number of carbonyl (C=O) groups is 2. The summed E-state index contributed by atoms with van der Waals surface area (Å²) in [6.07, 6.45) is 3.39. The fourth-order valence-corrected chi connectivity index (χ4v) is 2.37. The third-order valence-corrected chi connectivity index (χ3v) is 3.56. The van der Waals surface area contributed by atoms with E-state index in [1.54, 1.807) is 35.6 Å². The fourth-order valence-electron chi connectivity index (χ4n) is 1.56. The number of nitrogens with zero attached hydrogens (tertiary/aromatic N) is 2. The average molecular weight is 293 g/mol. The standard InChI is InChI=1S/C12H15N5O2S/c1-14-11(18)6-17-5-9(3-16-17)15-4-10-2-8(7-20-10)12(13)19/h2-3,5,7,15H,4,6H2,1H3,(H2,13,19)(H,14,18). The number of aromatic nitrogens is 2. The van der Waals surface area contributed by atoms with E-state index < -0.39 is 5.91 Å². The summed E-state index contributed by atoms with van der Waals surface area (Å²) in [6.45, 7) is 0.757. The molecule has 8 heteroatoms. The fraction of sp³-hybridized carbons (Fsp3) is 0.250. The highest BCUT2D eigenvalue weighted by molar-refractivity contribution is 7.10. The zero-order valence-corrected chi connectivity index (χ0v) is 11.7. The van der Waals surface area contributed by atoms with Crippen molar-refractivity contribution >= 4 is 28.8 Å². The molecule has 0 atom stereocenters. The third kappa shape index (κ3) is 3.58. The Morgan fingerprint density at radius 1 is 1.50 bits per heavy atom. The first-order valence-electron chi connectivity index (χ1n) is 5.92. The normalized spacial score (nSPS) is 10.2. The predicted octanol–water partition coefficient (Wildman–Crippen LogP) is 0.402. The number of primary amides is 1. The minimum absolute atomic E-state index is 0.107. The second-order valence-corrected chi connectivity index (χ2v) is 5.12. The van der Waals surface area contributed by atoms with E-state index in [1.165, 1.54) is 11.3 Å². The molecule has 0 fully saturated rings. The van der Waals surface area contributed by atoms with Gasteiger partial charge >= 0.3 is 0 Å². The summed E-state index contributed by atoms with van der Waals surface area (Å²) >= 11 is 1.46. The van der Waals surface area contributed by atoms with E-state index in [2.05, 4.69) is 15.7 Å². The maximum Gasteiger partial charge on any atom is 0.249 e. The molecule has 7 nitrogen and oxygen atoms in total. The molecule has 2 aromatic rings. The number of amides is 2. The Balaban J connectivity index is 1.90. The van der Waals surface area contributed by atoms with E-state index in [0.717, 1.165) is 10.6 Å². The highest BCUT2D eigenvalue weighted by Crippen LogP contribution is 2.16. The molecular formula is C12H15N5O2S. The van der Waals surface area contributed by atoms with Gasteiger partial charge in [-0.25, -0.2) is 0 Å². The van der Waals surface area contributed by atoms with Crippen molar-refractivity contribution in [1.29, 1.82) is 0 Å². The summed E-state index contributed by atoms with van der Waals surface area (Å²) in [7, 11) is 1.58. The summed E-state index contributed by atoms with van der Waals surface area (Å²) in [5.74, 6) is -0.532. The number of hydrogen-bond acceptors (Lipinski definition) is 5. The predicted molar refractivity (Wildman–Crippen MR) is 76.5 cm³/mol. The van der Waals surface area contributed by atoms with Crippen LogP contribution in [-0.4, -0.2) is 28.6 Å². The van der Waals surface area contributed by atoms with Crippen LogP contribution in [0.4, 0.5) is 5.69 Å². The molecular weight excluding hydrogens is 278 g/mol. The summed E-state index contributed by atoms with van der Waals surface area (Å²) in [5.41, 5.74) is 6.52. The molecule has 0 aliphatic carbocycles. The second kappa shape index (κ2) is 6.20. The number of hydrogen-bond donors (Lipinski definition) is 3. The van der Waals surface area contributed by atoms with E-state index in [-0.39, 0.29) is 12.5 Å². The van der Waals surface area contributed by atoms with E-state index in [9.17, 15) is 9.59 Å². The van der Waals surface area contributed by atoms with Crippen LogP contribution in [0.1, 0.15) is 15.2 Å². The van der Waals surface area contributed by atoms with Gasteiger partial charge in [-0.05, 0) is 6.07 Å². The van der Waals surface area contributed by atoms with Crippen molar-refractivity contribution in [3.8, 4) is 0 Å². The van der Waals surface area contributed by atoms with Gasteiger partial charge in [-0.1, -0.05) is 0 Å². The van der Waals surface area contributed by atoms with E-state index >= 15 is 0 Å². The molecule has 2 aromatic heterocycles. The van der Waals surface area contributed by atoms with Crippen molar-refractivity contribution in [2.75, 3.05) is 12.4 Å². The molecule has 0 bridgehead atoms. The van der Waals surface area contributed by atoms with E-state index in [0.29, 0.717) is 12.1 Å². The molecule has 0 unspecified atom stereocenters. The Kier molecular flexibility index (Phi) is 4.36. The van der Waals surface area contributed by atoms with Crippen molar-refractivity contribution in [1.82, 2.24) is 15.1 Å². The first-order chi connectivity index (χ1) is 9.58. The van der Waals surface area contributed by atoms with Gasteiger partial charge < -0.3 is 16.4 Å². The first kappa shape index (κ1) is 14.1. The largest absolute Gasteiger partial charge is 0.378 e. The Bertz CT molecular complexity index is 619. The third-order valence-electron chi connectivity index (χ3n) is 2.62. The molecule has 106 valence electrons. The van der Waals surface area contributed by atoms with Crippen LogP contribution in [-0.2, 0) is 17.9 Å². The lowest BCUT2D eigenvalue weighted by atomic mass is 10.3. The van der Waals surface area contributed by atoms with Crippen LogP contribution >= 0.6 is 11.3 Å². The number of likely N-dealkylation sites (N-methyl/N-ethyl adjacent to an activating group) is 1. The van der Waals surface area contributed by atoms with Crippen LogP contribution < -0.4 is 16.4 Å². The highest BCUT2D eigenvalue weighted by Gasteiger charge is 2.06. The molecule has 2 heterocycles. The molecule has 0 aromatic carbocycles. The van der Waals surface area contributed by atoms with Crippen molar-refractivity contribution in [2.45, 2.75) is 13.1 Å². The first-order valence-corrected chi connectivity index (χ1v) is 6.80. The molecule has 4 N–H and O–H groups in total. The number of rotatable bonds is 6. The SMILES string of the molecule is CNC(=O)Cn1cc(NCc2cc(C(N)=O)cs2)cn1. The smallest absolute Gasteiger partial charge is 0.249 e. The molecule has 0 aliphatic rings. The zero-order chi connectivity index (χ0) is 14.5. The quantitative estimate of drug-likeness (QED) is 0.717. The lowest BCUT2D eigenvalue weighted by molar-refractivity contribution is -0.121. The lowest BCUT2D eigenvalue weighted by Crippen LogP contribution is -2.23. The molecule has 20 heavy (non-hydrogen) atoms. The summed E-state index contributed by atoms with van der Waals surface area (Å²) in [5, 5.41) is 11.5. The maximum atomic E-state index is 11.2. The number of nitrogens with two attached hydrogens (primary N) is 1. The van der Waals surface area contributed by atoms with Gasteiger partial charge in [0.1, 0.15) is 6.54 Å². The lowest BCUT2D eigenvalue weighted by Gasteiger charge is -2.01. The zero-order valence-electron chi connectivity index (χ0n) is 10.9. The van der Waals surface area contributed by atoms with Gasteiger partial charge in [0.15, 0.2) is 0 Å². The summed E-state index contributed by atoms with van der Waals surface area (Å²) in [6, 6.07) is 1.76. The summed E-state index contributed by atoms with van der Waals surface area (Å²) in [4.78, 5) is 23.2. The number of thiophene rings is 1. The highest BCUT2D eigenvalue weighted by atomic mass is 32.1. The summed E-state index contributed by atoms with van der Waals surface area (Å²) < 4.78 is 1.55. The van der Waals surface area contributed by atoms with Crippen molar-refractivity contribution in [2.24, 2.45) is 5.73 Å². The van der Waals surface area contributed by atoms with Gasteiger partial charge in [-0.3, -0.25) is 14.3 Å². The number of nitrogens with one attached hydrogen (secondary N) is 2. The van der Waals surface area contributed by atoms with Crippen LogP contribution in [0.15, 0.2) is 23.8 Å². The van der Waals surface area contributed by atoms with Gasteiger partial charge in [-0.2, -0.15) is 5.10 Å². The van der Waals surface area contributed by atoms with Gasteiger partial charge in [0.25, 0.3) is 0 Å². The molecule has 0 spiro atoms. The average Bonchev–Trinajstić information content (AvgIpc) is 3.05. The number of anilines is 1. The Hall–Kier alpha value is -2.35. The topological polar surface area (TPSA) is 102 Å². The van der Waals surface area contributed by atoms with E-state index in [4.69, 9.17) is 5.73 Å². The van der Waals surface area contributed by atoms with Gasteiger partial charge in [0.2, 0.25) is 11.8 Å². The molecule has 0 aliphatic heterocycles. The van der Waals surface area contributed by atoms with Gasteiger partial charge in [-0.15, -0.1) is 11.3 Å². The van der Waals surface area contributed by atoms with Crippen molar-refractivity contribution in [3.05, 3.63) is 34.3 Å². The Morgan fingerprint density at radius 3 is 2.95 bits per heavy atom. The van der Waals surface area contributed by atoms with Crippen LogP contribution in [0.3, 0.4) is 0 Å². The minimum Gasteiger partial charge on any atom is -0.378 e. The molecule has 0 radical (unpaired) electrons. The van der Waals surface area contributed by atoms with Gasteiger partial charge in [0, 0.05) is 30.0 Å².